The lowest BCUT2D eigenvalue weighted by Gasteiger charge is -2.07. The number of likely N-dealkylation sites (N-methyl/N-ethyl adjacent to an activating group) is 1. The smallest absolute Gasteiger partial charge is 0.355 e. The molecule has 126 valence electrons. The zero-order valence-corrected chi connectivity index (χ0v) is 13.0. The van der Waals surface area contributed by atoms with E-state index in [-0.39, 0.29) is 18.1 Å². The fraction of sp³-hybridized carbons (Fsp3) is 0.250. The summed E-state index contributed by atoms with van der Waals surface area (Å²) in [7, 11) is 0. The molecule has 1 aromatic carbocycles. The van der Waals surface area contributed by atoms with Crippen molar-refractivity contribution < 1.29 is 19.1 Å². The summed E-state index contributed by atoms with van der Waals surface area (Å²) in [5.41, 5.74) is -0.462. The summed E-state index contributed by atoms with van der Waals surface area (Å²) in [5.74, 6) is -1.78. The number of amides is 2. The highest BCUT2D eigenvalue weighted by Crippen LogP contribution is 2.10. The predicted octanol–water partition coefficient (Wildman–Crippen LogP) is -0.0628. The number of nitrogens with one attached hydrogen (secondary N) is 3. The van der Waals surface area contributed by atoms with E-state index in [2.05, 4.69) is 15.6 Å². The van der Waals surface area contributed by atoms with Crippen LogP contribution < -0.4 is 16.2 Å². The van der Waals surface area contributed by atoms with E-state index in [1.165, 1.54) is 6.07 Å². The molecule has 0 bridgehead atoms. The van der Waals surface area contributed by atoms with Crippen molar-refractivity contribution in [3.8, 4) is 0 Å². The molecule has 8 heteroatoms. The lowest BCUT2D eigenvalue weighted by Crippen LogP contribution is -2.38. The molecule has 0 aliphatic carbocycles. The number of hydrogen-bond donors (Lipinski definition) is 3. The van der Waals surface area contributed by atoms with Gasteiger partial charge in [-0.15, -0.1) is 0 Å². The van der Waals surface area contributed by atoms with Gasteiger partial charge in [-0.2, -0.15) is 0 Å². The Hall–Kier alpha value is -3.16. The highest BCUT2D eigenvalue weighted by atomic mass is 16.5. The number of esters is 1. The van der Waals surface area contributed by atoms with E-state index >= 15 is 0 Å². The number of fused-ring (bicyclic) bond motifs is 1. The zero-order chi connectivity index (χ0) is 17.5. The van der Waals surface area contributed by atoms with Gasteiger partial charge in [-0.1, -0.05) is 18.2 Å². The normalized spacial score (nSPS) is 10.2. The molecule has 0 aliphatic rings. The molecule has 0 saturated carbocycles. The number of hydrogen-bond acceptors (Lipinski definition) is 5. The van der Waals surface area contributed by atoms with Crippen molar-refractivity contribution in [1.82, 2.24) is 15.6 Å². The van der Waals surface area contributed by atoms with Gasteiger partial charge in [0.05, 0.1) is 6.54 Å². The monoisotopic (exact) mass is 331 g/mol. The molecule has 2 aromatic rings. The molecule has 0 unspecified atom stereocenters. The second-order valence-corrected chi connectivity index (χ2v) is 4.91. The predicted molar refractivity (Wildman–Crippen MR) is 86.5 cm³/mol. The van der Waals surface area contributed by atoms with Gasteiger partial charge in [-0.25, -0.2) is 4.79 Å². The van der Waals surface area contributed by atoms with Gasteiger partial charge in [0.15, 0.2) is 6.61 Å². The van der Waals surface area contributed by atoms with Crippen molar-refractivity contribution in [3.63, 3.8) is 0 Å². The lowest BCUT2D eigenvalue weighted by molar-refractivity contribution is -0.127. The molecule has 0 atom stereocenters. The summed E-state index contributed by atoms with van der Waals surface area (Å²) in [4.78, 5) is 49.0. The van der Waals surface area contributed by atoms with Crippen molar-refractivity contribution in [2.75, 3.05) is 19.7 Å². The zero-order valence-electron chi connectivity index (χ0n) is 13.0. The molecule has 24 heavy (non-hydrogen) atoms. The van der Waals surface area contributed by atoms with Gasteiger partial charge in [-0.05, 0) is 24.4 Å². The second-order valence-electron chi connectivity index (χ2n) is 4.91. The van der Waals surface area contributed by atoms with Crippen LogP contribution in [0.5, 0.6) is 0 Å². The molecule has 8 nitrogen and oxygen atoms in total. The Morgan fingerprint density at radius 1 is 1.12 bits per heavy atom. The fourth-order valence-electron chi connectivity index (χ4n) is 2.02. The maximum atomic E-state index is 11.9. The van der Waals surface area contributed by atoms with Crippen molar-refractivity contribution in [1.29, 1.82) is 0 Å². The Labute approximate surface area is 137 Å². The molecule has 3 N–H and O–H groups in total. The van der Waals surface area contributed by atoms with E-state index in [0.29, 0.717) is 17.3 Å². The van der Waals surface area contributed by atoms with Crippen LogP contribution in [-0.2, 0) is 14.3 Å². The van der Waals surface area contributed by atoms with Crippen LogP contribution in [0, 0.1) is 0 Å². The fourth-order valence-corrected chi connectivity index (χ4v) is 2.02. The average molecular weight is 331 g/mol. The molecule has 0 fully saturated rings. The number of rotatable bonds is 6. The van der Waals surface area contributed by atoms with E-state index in [1.807, 2.05) is 0 Å². The number of carbonyl (C=O) groups is 3. The maximum absolute atomic E-state index is 11.9. The molecular formula is C16H17N3O5. The van der Waals surface area contributed by atoms with Crippen molar-refractivity contribution in [2.24, 2.45) is 0 Å². The second kappa shape index (κ2) is 7.91. The van der Waals surface area contributed by atoms with Gasteiger partial charge in [0, 0.05) is 11.9 Å². The molecule has 0 aliphatic heterocycles. The summed E-state index contributed by atoms with van der Waals surface area (Å²) in [6.45, 7) is 1.47. The van der Waals surface area contributed by atoms with Crippen molar-refractivity contribution >= 4 is 28.6 Å². The van der Waals surface area contributed by atoms with E-state index in [0.717, 1.165) is 0 Å². The Morgan fingerprint density at radius 3 is 2.62 bits per heavy atom. The van der Waals surface area contributed by atoms with E-state index in [1.54, 1.807) is 31.2 Å². The quantitative estimate of drug-likeness (QED) is 0.641. The Bertz CT molecular complexity index is 828. The third kappa shape index (κ3) is 4.42. The minimum Gasteiger partial charge on any atom is -0.451 e. The van der Waals surface area contributed by atoms with E-state index < -0.39 is 24.0 Å². The van der Waals surface area contributed by atoms with Crippen LogP contribution in [0.4, 0.5) is 0 Å². The van der Waals surface area contributed by atoms with Gasteiger partial charge < -0.3 is 20.4 Å². The summed E-state index contributed by atoms with van der Waals surface area (Å²) in [6.07, 6.45) is 0. The Balaban J connectivity index is 1.94. The lowest BCUT2D eigenvalue weighted by atomic mass is 10.1. The third-order valence-corrected chi connectivity index (χ3v) is 3.13. The van der Waals surface area contributed by atoms with Crippen LogP contribution in [0.25, 0.3) is 10.8 Å². The van der Waals surface area contributed by atoms with Crippen LogP contribution in [0.2, 0.25) is 0 Å². The van der Waals surface area contributed by atoms with E-state index in [9.17, 15) is 19.2 Å². The first-order valence-corrected chi connectivity index (χ1v) is 7.34. The SMILES string of the molecule is CCNC(=O)CNC(=O)COC(=O)c1cc2ccccc2c(=O)[nH]1. The van der Waals surface area contributed by atoms with Gasteiger partial charge in [-0.3, -0.25) is 14.4 Å². The standard InChI is InChI=1S/C16H17N3O5/c1-2-17-13(20)8-18-14(21)9-24-16(23)12-7-10-5-3-4-6-11(10)15(22)19-12/h3-7H,2,8-9H2,1H3,(H,17,20)(H,18,21)(H,19,22). The molecular weight excluding hydrogens is 314 g/mol. The molecule has 2 rings (SSSR count). The molecule has 0 saturated heterocycles. The van der Waals surface area contributed by atoms with E-state index in [4.69, 9.17) is 4.74 Å². The van der Waals surface area contributed by atoms with Crippen LogP contribution in [-0.4, -0.2) is 42.5 Å². The molecule has 2 amide bonds. The third-order valence-electron chi connectivity index (χ3n) is 3.13. The topological polar surface area (TPSA) is 117 Å². The van der Waals surface area contributed by atoms with Gasteiger partial charge >= 0.3 is 5.97 Å². The van der Waals surface area contributed by atoms with Crippen LogP contribution in [0.3, 0.4) is 0 Å². The van der Waals surface area contributed by atoms with Crippen LogP contribution in [0.1, 0.15) is 17.4 Å². The number of H-pyrrole nitrogens is 1. The Kier molecular flexibility index (Phi) is 5.67. The minimum atomic E-state index is -0.828. The number of aromatic amines is 1. The maximum Gasteiger partial charge on any atom is 0.355 e. The molecule has 1 aromatic heterocycles. The first-order chi connectivity index (χ1) is 11.5. The van der Waals surface area contributed by atoms with Crippen molar-refractivity contribution in [3.05, 3.63) is 46.4 Å². The highest BCUT2D eigenvalue weighted by Gasteiger charge is 2.13. The summed E-state index contributed by atoms with van der Waals surface area (Å²) in [6, 6.07) is 8.27. The molecule has 0 spiro atoms. The summed E-state index contributed by atoms with van der Waals surface area (Å²) < 4.78 is 4.83. The first-order valence-electron chi connectivity index (χ1n) is 7.34. The largest absolute Gasteiger partial charge is 0.451 e. The summed E-state index contributed by atoms with van der Waals surface area (Å²) >= 11 is 0. The van der Waals surface area contributed by atoms with Crippen LogP contribution in [0.15, 0.2) is 35.1 Å². The average Bonchev–Trinajstić information content (AvgIpc) is 2.58. The van der Waals surface area contributed by atoms with Gasteiger partial charge in [0.25, 0.3) is 11.5 Å². The number of ether oxygens (including phenoxy) is 1. The number of carbonyl (C=O) groups excluding carboxylic acids is 3. The first kappa shape index (κ1) is 17.2. The van der Waals surface area contributed by atoms with Gasteiger partial charge in [0.2, 0.25) is 5.91 Å². The summed E-state index contributed by atoms with van der Waals surface area (Å²) in [5, 5.41) is 5.87. The number of benzene rings is 1. The molecule has 0 radical (unpaired) electrons. The Morgan fingerprint density at radius 2 is 1.88 bits per heavy atom. The van der Waals surface area contributed by atoms with Crippen molar-refractivity contribution in [2.45, 2.75) is 6.92 Å². The molecule has 1 heterocycles. The number of aromatic nitrogens is 1. The minimum absolute atomic E-state index is 0.0461. The van der Waals surface area contributed by atoms with Gasteiger partial charge in [0.1, 0.15) is 5.69 Å². The van der Waals surface area contributed by atoms with Crippen LogP contribution >= 0.6 is 0 Å². The number of pyridine rings is 1. The highest BCUT2D eigenvalue weighted by molar-refractivity contribution is 5.94.